The van der Waals surface area contributed by atoms with E-state index in [0.717, 1.165) is 54.5 Å². The minimum absolute atomic E-state index is 0.118. The number of hydrogen-bond acceptors (Lipinski definition) is 5. The molecule has 0 radical (unpaired) electrons. The highest BCUT2D eigenvalue weighted by molar-refractivity contribution is 5.96. The summed E-state index contributed by atoms with van der Waals surface area (Å²) in [6.07, 6.45) is 0. The number of likely N-dealkylation sites (N-methyl/N-ethyl adjacent to an activating group) is 1. The molecule has 2 N–H and O–H groups in total. The molecular weight excluding hydrogens is 392 g/mol. The van der Waals surface area contributed by atoms with E-state index in [0.29, 0.717) is 0 Å². The van der Waals surface area contributed by atoms with Gasteiger partial charge in [-0.1, -0.05) is 17.7 Å². The first-order chi connectivity index (χ1) is 14.8. The summed E-state index contributed by atoms with van der Waals surface area (Å²) in [6.45, 7) is 9.12. The molecule has 7 heteroatoms. The van der Waals surface area contributed by atoms with E-state index in [1.165, 1.54) is 0 Å². The lowest BCUT2D eigenvalue weighted by Crippen LogP contribution is -2.43. The summed E-state index contributed by atoms with van der Waals surface area (Å²) in [6, 6.07) is 13.3. The van der Waals surface area contributed by atoms with Gasteiger partial charge < -0.3 is 20.3 Å². The Morgan fingerprint density at radius 1 is 1.06 bits per heavy atom. The van der Waals surface area contributed by atoms with Gasteiger partial charge >= 0.3 is 0 Å². The molecule has 1 fully saturated rings. The first-order valence-corrected chi connectivity index (χ1v) is 10.6. The minimum Gasteiger partial charge on any atom is -0.378 e. The van der Waals surface area contributed by atoms with Crippen molar-refractivity contribution in [3.8, 4) is 0 Å². The second kappa shape index (κ2) is 10.4. The monoisotopic (exact) mass is 424 g/mol. The summed E-state index contributed by atoms with van der Waals surface area (Å²) in [4.78, 5) is 29.1. The maximum Gasteiger partial charge on any atom is 0.241 e. The van der Waals surface area contributed by atoms with E-state index >= 15 is 0 Å². The quantitative estimate of drug-likeness (QED) is 0.715. The molecule has 1 aliphatic heterocycles. The third-order valence-corrected chi connectivity index (χ3v) is 5.60. The van der Waals surface area contributed by atoms with Gasteiger partial charge in [0.2, 0.25) is 11.8 Å². The molecule has 166 valence electrons. The lowest BCUT2D eigenvalue weighted by molar-refractivity contribution is -0.122. The van der Waals surface area contributed by atoms with Gasteiger partial charge in [0.25, 0.3) is 0 Å². The number of rotatable bonds is 7. The van der Waals surface area contributed by atoms with Gasteiger partial charge in [0.15, 0.2) is 0 Å². The topological polar surface area (TPSA) is 73.9 Å². The number of aryl methyl sites for hydroxylation is 2. The fraction of sp³-hybridized carbons (Fsp3) is 0.417. The Balaban J connectivity index is 1.50. The number of morpholine rings is 1. The van der Waals surface area contributed by atoms with Gasteiger partial charge in [-0.05, 0) is 63.7 Å². The number of carbonyl (C=O) groups excluding carboxylic acids is 2. The van der Waals surface area contributed by atoms with Crippen LogP contribution in [0.25, 0.3) is 0 Å². The summed E-state index contributed by atoms with van der Waals surface area (Å²) < 4.78 is 5.38. The Hall–Kier alpha value is -2.90. The minimum atomic E-state index is -0.449. The standard InChI is InChI=1S/C24H32N4O3/c1-17-5-10-22(18(2)15-17)26-24(30)19(3)27(4)16-23(29)25-20-6-8-21(9-7-20)28-11-13-31-14-12-28/h5-10,15,19H,11-14,16H2,1-4H3,(H,25,29)(H,26,30). The highest BCUT2D eigenvalue weighted by atomic mass is 16.5. The zero-order valence-corrected chi connectivity index (χ0v) is 18.8. The highest BCUT2D eigenvalue weighted by Crippen LogP contribution is 2.19. The van der Waals surface area contributed by atoms with E-state index in [9.17, 15) is 9.59 Å². The predicted molar refractivity (Wildman–Crippen MR) is 125 cm³/mol. The van der Waals surface area contributed by atoms with Gasteiger partial charge in [0.1, 0.15) is 0 Å². The highest BCUT2D eigenvalue weighted by Gasteiger charge is 2.21. The van der Waals surface area contributed by atoms with Crippen LogP contribution in [0.3, 0.4) is 0 Å². The molecule has 0 aromatic heterocycles. The van der Waals surface area contributed by atoms with E-state index in [1.54, 1.807) is 18.9 Å². The van der Waals surface area contributed by atoms with Crippen molar-refractivity contribution in [2.45, 2.75) is 26.8 Å². The van der Waals surface area contributed by atoms with Crippen LogP contribution in [0.1, 0.15) is 18.1 Å². The Kier molecular flexibility index (Phi) is 7.65. The third kappa shape index (κ3) is 6.29. The van der Waals surface area contributed by atoms with Crippen LogP contribution >= 0.6 is 0 Å². The Morgan fingerprint density at radius 2 is 1.74 bits per heavy atom. The number of hydrogen-bond donors (Lipinski definition) is 2. The van der Waals surface area contributed by atoms with Crippen molar-refractivity contribution in [2.75, 3.05) is 55.4 Å². The van der Waals surface area contributed by atoms with Crippen molar-refractivity contribution < 1.29 is 14.3 Å². The van der Waals surface area contributed by atoms with Crippen molar-refractivity contribution in [3.05, 3.63) is 53.6 Å². The number of carbonyl (C=O) groups is 2. The van der Waals surface area contributed by atoms with Crippen molar-refractivity contribution in [2.24, 2.45) is 0 Å². The average Bonchev–Trinajstić information content (AvgIpc) is 2.76. The van der Waals surface area contributed by atoms with Crippen LogP contribution in [0.2, 0.25) is 0 Å². The predicted octanol–water partition coefficient (Wildman–Crippen LogP) is 3.04. The summed E-state index contributed by atoms with van der Waals surface area (Å²) >= 11 is 0. The number of benzene rings is 2. The second-order valence-corrected chi connectivity index (χ2v) is 8.09. The van der Waals surface area contributed by atoms with Gasteiger partial charge in [-0.2, -0.15) is 0 Å². The van der Waals surface area contributed by atoms with Crippen LogP contribution in [-0.2, 0) is 14.3 Å². The van der Waals surface area contributed by atoms with E-state index in [2.05, 4.69) is 15.5 Å². The molecule has 2 aromatic rings. The largest absolute Gasteiger partial charge is 0.378 e. The first-order valence-electron chi connectivity index (χ1n) is 10.6. The maximum atomic E-state index is 12.6. The number of nitrogens with zero attached hydrogens (tertiary/aromatic N) is 2. The first kappa shape index (κ1) is 22.8. The van der Waals surface area contributed by atoms with E-state index in [1.807, 2.05) is 56.3 Å². The molecule has 31 heavy (non-hydrogen) atoms. The van der Waals surface area contributed by atoms with Crippen LogP contribution in [-0.4, -0.2) is 62.7 Å². The van der Waals surface area contributed by atoms with Gasteiger partial charge in [0, 0.05) is 30.2 Å². The SMILES string of the molecule is Cc1ccc(NC(=O)C(C)N(C)CC(=O)Nc2ccc(N3CCOCC3)cc2)c(C)c1. The zero-order valence-electron chi connectivity index (χ0n) is 18.8. The van der Waals surface area contributed by atoms with Gasteiger partial charge in [-0.25, -0.2) is 0 Å². The van der Waals surface area contributed by atoms with Crippen molar-refractivity contribution in [1.29, 1.82) is 0 Å². The maximum absolute atomic E-state index is 12.6. The Morgan fingerprint density at radius 3 is 2.39 bits per heavy atom. The van der Waals surface area contributed by atoms with Gasteiger partial charge in [0.05, 0.1) is 25.8 Å². The molecule has 3 rings (SSSR count). The molecule has 0 saturated carbocycles. The second-order valence-electron chi connectivity index (χ2n) is 8.09. The van der Waals surface area contributed by atoms with Gasteiger partial charge in [-0.15, -0.1) is 0 Å². The molecule has 1 saturated heterocycles. The van der Waals surface area contributed by atoms with E-state index < -0.39 is 6.04 Å². The van der Waals surface area contributed by atoms with Crippen LogP contribution in [0.5, 0.6) is 0 Å². The lowest BCUT2D eigenvalue weighted by atomic mass is 10.1. The molecule has 2 amide bonds. The molecule has 1 heterocycles. The molecule has 1 unspecified atom stereocenters. The van der Waals surface area contributed by atoms with Crippen molar-refractivity contribution >= 4 is 28.9 Å². The Labute approximate surface area is 184 Å². The number of nitrogens with one attached hydrogen (secondary N) is 2. The molecule has 1 aliphatic rings. The molecule has 2 aromatic carbocycles. The Bertz CT molecular complexity index is 908. The van der Waals surface area contributed by atoms with Crippen LogP contribution < -0.4 is 15.5 Å². The van der Waals surface area contributed by atoms with Crippen LogP contribution in [0.15, 0.2) is 42.5 Å². The lowest BCUT2D eigenvalue weighted by Gasteiger charge is -2.29. The molecular formula is C24H32N4O3. The third-order valence-electron chi connectivity index (χ3n) is 5.60. The van der Waals surface area contributed by atoms with Crippen LogP contribution in [0, 0.1) is 13.8 Å². The summed E-state index contributed by atoms with van der Waals surface area (Å²) in [7, 11) is 1.77. The zero-order chi connectivity index (χ0) is 22.4. The van der Waals surface area contributed by atoms with E-state index in [4.69, 9.17) is 4.74 Å². The fourth-order valence-electron chi connectivity index (χ4n) is 3.53. The number of amides is 2. The fourth-order valence-corrected chi connectivity index (χ4v) is 3.53. The molecule has 0 bridgehead atoms. The molecule has 1 atom stereocenters. The molecule has 0 aliphatic carbocycles. The molecule has 7 nitrogen and oxygen atoms in total. The summed E-state index contributed by atoms with van der Waals surface area (Å²) in [5, 5.41) is 5.86. The smallest absolute Gasteiger partial charge is 0.241 e. The molecule has 0 spiro atoms. The number of anilines is 3. The normalized spacial score (nSPS) is 14.9. The summed E-state index contributed by atoms with van der Waals surface area (Å²) in [5.41, 5.74) is 4.82. The van der Waals surface area contributed by atoms with Crippen molar-refractivity contribution in [3.63, 3.8) is 0 Å². The number of ether oxygens (including phenoxy) is 1. The van der Waals surface area contributed by atoms with Crippen molar-refractivity contribution in [1.82, 2.24) is 4.90 Å². The van der Waals surface area contributed by atoms with Crippen LogP contribution in [0.4, 0.5) is 17.1 Å². The summed E-state index contributed by atoms with van der Waals surface area (Å²) in [5.74, 6) is -0.301. The van der Waals surface area contributed by atoms with Gasteiger partial charge in [-0.3, -0.25) is 14.5 Å². The average molecular weight is 425 g/mol. The van der Waals surface area contributed by atoms with E-state index in [-0.39, 0.29) is 18.4 Å².